The summed E-state index contributed by atoms with van der Waals surface area (Å²) in [5.74, 6) is 0. The van der Waals surface area contributed by atoms with Gasteiger partial charge in [-0.1, -0.05) is 48.9 Å². The van der Waals surface area contributed by atoms with Crippen molar-refractivity contribution in [3.05, 3.63) is 46.0 Å². The molecule has 1 aromatic heterocycles. The van der Waals surface area contributed by atoms with Gasteiger partial charge in [-0.3, -0.25) is 0 Å². The van der Waals surface area contributed by atoms with Gasteiger partial charge in [-0.2, -0.15) is 0 Å². The number of aryl methyl sites for hydroxylation is 1. The first kappa shape index (κ1) is 12.6. The van der Waals surface area contributed by atoms with Crippen molar-refractivity contribution in [2.75, 3.05) is 4.90 Å². The normalized spacial score (nSPS) is 13.9. The smallest absolute Gasteiger partial charge is 0.186 e. The quantitative estimate of drug-likeness (QED) is 0.930. The second-order valence-electron chi connectivity index (χ2n) is 4.90. The molecule has 0 fully saturated rings. The Morgan fingerprint density at radius 3 is 2.53 bits per heavy atom. The third-order valence-corrected chi connectivity index (χ3v) is 4.65. The van der Waals surface area contributed by atoms with Crippen LogP contribution in [0.15, 0.2) is 24.3 Å². The average molecular weight is 274 g/mol. The summed E-state index contributed by atoms with van der Waals surface area (Å²) < 4.78 is 0. The van der Waals surface area contributed by atoms with Crippen molar-refractivity contribution in [1.29, 1.82) is 0 Å². The predicted molar refractivity (Wildman–Crippen MR) is 78.4 cm³/mol. The van der Waals surface area contributed by atoms with E-state index in [0.717, 1.165) is 41.6 Å². The van der Waals surface area contributed by atoms with Crippen LogP contribution in [0, 0.1) is 0 Å². The molecule has 2 heterocycles. The van der Waals surface area contributed by atoms with E-state index in [1.165, 1.54) is 11.1 Å². The van der Waals surface area contributed by atoms with Crippen molar-refractivity contribution in [3.63, 3.8) is 0 Å². The van der Waals surface area contributed by atoms with Gasteiger partial charge in [0.15, 0.2) is 5.13 Å². The Hall–Kier alpha value is -1.39. The summed E-state index contributed by atoms with van der Waals surface area (Å²) in [5.41, 5.74) is 3.85. The van der Waals surface area contributed by atoms with E-state index in [1.807, 2.05) is 0 Å². The lowest BCUT2D eigenvalue weighted by Crippen LogP contribution is -2.14. The van der Waals surface area contributed by atoms with Gasteiger partial charge in [-0.05, 0) is 17.5 Å². The van der Waals surface area contributed by atoms with Crippen molar-refractivity contribution in [2.24, 2.45) is 0 Å². The molecule has 0 unspecified atom stereocenters. The van der Waals surface area contributed by atoms with Gasteiger partial charge in [-0.15, -0.1) is 0 Å². The van der Waals surface area contributed by atoms with E-state index in [4.69, 9.17) is 4.98 Å². The number of aromatic nitrogens is 1. The largest absolute Gasteiger partial charge is 0.391 e. The number of benzene rings is 1. The van der Waals surface area contributed by atoms with Crippen molar-refractivity contribution in [3.8, 4) is 0 Å². The minimum Gasteiger partial charge on any atom is -0.391 e. The number of fused-ring (bicyclic) bond motifs is 1. The first-order valence-electron chi connectivity index (χ1n) is 6.73. The number of aliphatic hydroxyl groups is 1. The second-order valence-corrected chi connectivity index (χ2v) is 5.96. The van der Waals surface area contributed by atoms with Gasteiger partial charge < -0.3 is 10.0 Å². The molecule has 1 aromatic carbocycles. The summed E-state index contributed by atoms with van der Waals surface area (Å²) in [4.78, 5) is 8.04. The van der Waals surface area contributed by atoms with Crippen molar-refractivity contribution in [2.45, 2.75) is 39.5 Å². The van der Waals surface area contributed by atoms with E-state index in [-0.39, 0.29) is 6.61 Å². The van der Waals surface area contributed by atoms with Crippen LogP contribution in [0.2, 0.25) is 0 Å². The molecule has 1 N–H and O–H groups in total. The fraction of sp³-hybridized carbons (Fsp3) is 0.400. The van der Waals surface area contributed by atoms with E-state index < -0.39 is 0 Å². The van der Waals surface area contributed by atoms with Crippen LogP contribution >= 0.6 is 11.3 Å². The van der Waals surface area contributed by atoms with Crippen molar-refractivity contribution >= 4 is 16.5 Å². The first-order chi connectivity index (χ1) is 9.31. The minimum absolute atomic E-state index is 0.105. The fourth-order valence-electron chi connectivity index (χ4n) is 2.53. The van der Waals surface area contributed by atoms with Crippen molar-refractivity contribution in [1.82, 2.24) is 4.98 Å². The van der Waals surface area contributed by atoms with Crippen LogP contribution in [0.1, 0.15) is 35.0 Å². The lowest BCUT2D eigenvalue weighted by molar-refractivity contribution is 0.284. The Morgan fingerprint density at radius 2 is 1.95 bits per heavy atom. The minimum atomic E-state index is 0.105. The molecule has 4 heteroatoms. The molecule has 0 spiro atoms. The highest BCUT2D eigenvalue weighted by Crippen LogP contribution is 2.33. The third kappa shape index (κ3) is 2.38. The molecule has 0 amide bonds. The van der Waals surface area contributed by atoms with Gasteiger partial charge in [0.25, 0.3) is 0 Å². The predicted octanol–water partition coefficient (Wildman–Crippen LogP) is 3.11. The maximum atomic E-state index is 9.43. The van der Waals surface area contributed by atoms with Gasteiger partial charge in [-0.25, -0.2) is 4.98 Å². The highest BCUT2D eigenvalue weighted by atomic mass is 32.1. The summed E-state index contributed by atoms with van der Waals surface area (Å²) in [5, 5.41) is 10.5. The van der Waals surface area contributed by atoms with Crippen LogP contribution in [-0.4, -0.2) is 10.1 Å². The van der Waals surface area contributed by atoms with Crippen molar-refractivity contribution < 1.29 is 5.11 Å². The Labute approximate surface area is 117 Å². The molecule has 0 radical (unpaired) electrons. The zero-order valence-electron chi connectivity index (χ0n) is 11.1. The molecule has 2 aromatic rings. The standard InChI is InChI=1S/C15H18N2OS/c1-2-5-13-14(10-18)19-15(16-13)17-8-11-6-3-4-7-12(11)9-17/h3-4,6-7,18H,2,5,8-10H2,1H3. The molecule has 0 bridgehead atoms. The maximum absolute atomic E-state index is 9.43. The SMILES string of the molecule is CCCc1nc(N2Cc3ccccc3C2)sc1CO. The Bertz CT molecular complexity index is 554. The van der Waals surface area contributed by atoms with Gasteiger partial charge >= 0.3 is 0 Å². The number of aliphatic hydroxyl groups excluding tert-OH is 1. The molecular weight excluding hydrogens is 256 g/mol. The Kier molecular flexibility index (Phi) is 3.53. The molecule has 0 saturated carbocycles. The number of thiazole rings is 1. The number of nitrogens with zero attached hydrogens (tertiary/aromatic N) is 2. The summed E-state index contributed by atoms with van der Waals surface area (Å²) in [6.07, 6.45) is 2.02. The molecular formula is C15H18N2OS. The molecule has 3 rings (SSSR count). The second kappa shape index (κ2) is 5.31. The molecule has 1 aliphatic rings. The summed E-state index contributed by atoms with van der Waals surface area (Å²) in [6, 6.07) is 8.55. The fourth-order valence-corrected chi connectivity index (χ4v) is 3.49. The maximum Gasteiger partial charge on any atom is 0.186 e. The zero-order valence-corrected chi connectivity index (χ0v) is 11.9. The summed E-state index contributed by atoms with van der Waals surface area (Å²) >= 11 is 1.63. The molecule has 19 heavy (non-hydrogen) atoms. The Balaban J connectivity index is 1.85. The molecule has 3 nitrogen and oxygen atoms in total. The van der Waals surface area contributed by atoms with E-state index in [2.05, 4.69) is 36.1 Å². The number of rotatable bonds is 4. The van der Waals surface area contributed by atoms with Gasteiger partial charge in [0.05, 0.1) is 17.2 Å². The summed E-state index contributed by atoms with van der Waals surface area (Å²) in [7, 11) is 0. The molecule has 100 valence electrons. The van der Waals surface area contributed by atoms with E-state index in [9.17, 15) is 5.11 Å². The highest BCUT2D eigenvalue weighted by Gasteiger charge is 2.22. The Morgan fingerprint density at radius 1 is 1.26 bits per heavy atom. The first-order valence-corrected chi connectivity index (χ1v) is 7.54. The van der Waals surface area contributed by atoms with Crippen LogP contribution in [0.4, 0.5) is 5.13 Å². The van der Waals surface area contributed by atoms with E-state index in [0.29, 0.717) is 0 Å². The highest BCUT2D eigenvalue weighted by molar-refractivity contribution is 7.15. The van der Waals surface area contributed by atoms with Gasteiger partial charge in [0, 0.05) is 13.1 Å². The van der Waals surface area contributed by atoms with Crippen LogP contribution < -0.4 is 4.90 Å². The number of anilines is 1. The number of hydrogen-bond acceptors (Lipinski definition) is 4. The van der Waals surface area contributed by atoms with Gasteiger partial charge in [0.2, 0.25) is 0 Å². The lowest BCUT2D eigenvalue weighted by Gasteiger charge is -2.12. The monoisotopic (exact) mass is 274 g/mol. The number of hydrogen-bond donors (Lipinski definition) is 1. The van der Waals surface area contributed by atoms with Crippen LogP contribution in [0.5, 0.6) is 0 Å². The lowest BCUT2D eigenvalue weighted by atomic mass is 10.1. The van der Waals surface area contributed by atoms with Gasteiger partial charge in [0.1, 0.15) is 0 Å². The third-order valence-electron chi connectivity index (χ3n) is 3.51. The topological polar surface area (TPSA) is 36.4 Å². The summed E-state index contributed by atoms with van der Waals surface area (Å²) in [6.45, 7) is 4.11. The van der Waals surface area contributed by atoms with Crippen LogP contribution in [0.25, 0.3) is 0 Å². The van der Waals surface area contributed by atoms with E-state index in [1.54, 1.807) is 11.3 Å². The van der Waals surface area contributed by atoms with Crippen LogP contribution in [-0.2, 0) is 26.1 Å². The van der Waals surface area contributed by atoms with E-state index >= 15 is 0 Å². The average Bonchev–Trinajstić information content (AvgIpc) is 3.02. The molecule has 0 saturated heterocycles. The van der Waals surface area contributed by atoms with Crippen LogP contribution in [0.3, 0.4) is 0 Å². The molecule has 0 aliphatic carbocycles. The zero-order chi connectivity index (χ0) is 13.2. The molecule has 0 atom stereocenters. The molecule has 1 aliphatic heterocycles.